The van der Waals surface area contributed by atoms with Gasteiger partial charge in [-0.1, -0.05) is 42.1 Å². The number of thiazole rings is 1. The largest absolute Gasteiger partial charge is 0.337 e. The van der Waals surface area contributed by atoms with E-state index in [2.05, 4.69) is 29.0 Å². The van der Waals surface area contributed by atoms with Crippen molar-refractivity contribution in [2.24, 2.45) is 0 Å². The van der Waals surface area contributed by atoms with Crippen molar-refractivity contribution < 1.29 is 4.79 Å². The summed E-state index contributed by atoms with van der Waals surface area (Å²) in [5.74, 6) is 0.747. The average Bonchev–Trinajstić information content (AvgIpc) is 3.22. The predicted octanol–water partition coefficient (Wildman–Crippen LogP) is 4.43. The Morgan fingerprint density at radius 2 is 2.04 bits per heavy atom. The summed E-state index contributed by atoms with van der Waals surface area (Å²) >= 11 is 3.14. The summed E-state index contributed by atoms with van der Waals surface area (Å²) in [5, 5.41) is 3.67. The monoisotopic (exact) mass is 386 g/mol. The first kappa shape index (κ1) is 18.7. The summed E-state index contributed by atoms with van der Waals surface area (Å²) in [6.07, 6.45) is 0.828. The van der Waals surface area contributed by atoms with Gasteiger partial charge in [0.05, 0.1) is 11.4 Å². The highest BCUT2D eigenvalue weighted by atomic mass is 32.2. The van der Waals surface area contributed by atoms with Crippen molar-refractivity contribution in [1.82, 2.24) is 15.0 Å². The van der Waals surface area contributed by atoms with Gasteiger partial charge in [-0.05, 0) is 19.4 Å². The van der Waals surface area contributed by atoms with Gasteiger partial charge in [0.25, 0.3) is 0 Å². The van der Waals surface area contributed by atoms with Crippen LogP contribution in [-0.2, 0) is 17.0 Å². The van der Waals surface area contributed by atoms with Crippen LogP contribution in [0.5, 0.6) is 0 Å². The van der Waals surface area contributed by atoms with Gasteiger partial charge >= 0.3 is 0 Å². The Morgan fingerprint density at radius 3 is 2.73 bits per heavy atom. The lowest BCUT2D eigenvalue weighted by molar-refractivity contribution is -0.116. The molecule has 0 spiro atoms. The second-order valence-corrected chi connectivity index (χ2v) is 7.75. The smallest absolute Gasteiger partial charge is 0.225 e. The van der Waals surface area contributed by atoms with Gasteiger partial charge in [-0.25, -0.2) is 9.97 Å². The van der Waals surface area contributed by atoms with Crippen molar-refractivity contribution in [1.29, 1.82) is 0 Å². The Hall–Kier alpha value is -2.12. The van der Waals surface area contributed by atoms with Gasteiger partial charge in [0, 0.05) is 36.7 Å². The van der Waals surface area contributed by atoms with E-state index >= 15 is 0 Å². The highest BCUT2D eigenvalue weighted by Crippen LogP contribution is 2.26. The third-order valence-corrected chi connectivity index (χ3v) is 5.82. The lowest BCUT2D eigenvalue weighted by Crippen LogP contribution is -2.27. The average molecular weight is 387 g/mol. The number of benzene rings is 1. The number of nitrogens with zero attached hydrogens (tertiary/aromatic N) is 3. The lowest BCUT2D eigenvalue weighted by atomic mass is 10.1. The molecule has 0 saturated heterocycles. The molecule has 0 aliphatic rings. The Kier molecular flexibility index (Phi) is 6.11. The van der Waals surface area contributed by atoms with Crippen LogP contribution >= 0.6 is 23.1 Å². The van der Waals surface area contributed by atoms with Crippen LogP contribution in [0.1, 0.15) is 36.5 Å². The molecule has 0 aliphatic carbocycles. The lowest BCUT2D eigenvalue weighted by Gasteiger charge is -2.14. The molecule has 0 aliphatic heterocycles. The molecule has 26 heavy (non-hydrogen) atoms. The molecule has 5 nitrogen and oxygen atoms in total. The number of anilines is 1. The Balaban J connectivity index is 1.63. The molecule has 3 aromatic rings. The van der Waals surface area contributed by atoms with Gasteiger partial charge in [0.1, 0.15) is 0 Å². The molecule has 2 heterocycles. The maximum atomic E-state index is 11.6. The van der Waals surface area contributed by atoms with Crippen molar-refractivity contribution in [3.05, 3.63) is 58.4 Å². The first-order valence-corrected chi connectivity index (χ1v) is 10.4. The number of amides is 1. The molecule has 0 fully saturated rings. The molecule has 3 rings (SSSR count). The molecule has 7 heteroatoms. The van der Waals surface area contributed by atoms with Gasteiger partial charge in [-0.3, -0.25) is 9.69 Å². The highest BCUT2D eigenvalue weighted by Gasteiger charge is 2.14. The molecule has 1 aromatic carbocycles. The molecule has 0 unspecified atom stereocenters. The SMILES string of the molecule is CCN(C(C)=O)c1nc(CSc2nc(Cc3ccccc3)c(C)[nH]2)cs1. The number of hydrogen-bond donors (Lipinski definition) is 1. The van der Waals surface area contributed by atoms with Crippen LogP contribution in [0.25, 0.3) is 0 Å². The summed E-state index contributed by atoms with van der Waals surface area (Å²) in [7, 11) is 0. The zero-order valence-corrected chi connectivity index (χ0v) is 16.8. The van der Waals surface area contributed by atoms with Gasteiger partial charge in [0.15, 0.2) is 10.3 Å². The topological polar surface area (TPSA) is 61.9 Å². The zero-order valence-electron chi connectivity index (χ0n) is 15.2. The number of H-pyrrole nitrogens is 1. The van der Waals surface area contributed by atoms with Crippen LogP contribution < -0.4 is 4.90 Å². The number of carbonyl (C=O) groups excluding carboxylic acids is 1. The van der Waals surface area contributed by atoms with E-state index in [-0.39, 0.29) is 5.91 Å². The number of thioether (sulfide) groups is 1. The molecule has 136 valence electrons. The number of aromatic amines is 1. The number of nitrogens with one attached hydrogen (secondary N) is 1. The van der Waals surface area contributed by atoms with Crippen molar-refractivity contribution in [3.8, 4) is 0 Å². The predicted molar refractivity (Wildman–Crippen MR) is 108 cm³/mol. The molecule has 0 radical (unpaired) electrons. The fourth-order valence-corrected chi connectivity index (χ4v) is 4.49. The fourth-order valence-electron chi connectivity index (χ4n) is 2.62. The zero-order chi connectivity index (χ0) is 18.5. The summed E-state index contributed by atoms with van der Waals surface area (Å²) in [6.45, 7) is 6.22. The minimum Gasteiger partial charge on any atom is -0.337 e. The van der Waals surface area contributed by atoms with Crippen LogP contribution in [0.2, 0.25) is 0 Å². The Labute approximate surface area is 161 Å². The van der Waals surface area contributed by atoms with Crippen LogP contribution in [0.15, 0.2) is 40.9 Å². The van der Waals surface area contributed by atoms with Crippen LogP contribution in [0.3, 0.4) is 0 Å². The summed E-state index contributed by atoms with van der Waals surface area (Å²) in [6, 6.07) is 10.4. The Bertz CT molecular complexity index is 873. The molecule has 2 aromatic heterocycles. The first-order valence-electron chi connectivity index (χ1n) is 8.51. The number of aryl methyl sites for hydroxylation is 1. The Morgan fingerprint density at radius 1 is 1.27 bits per heavy atom. The number of carbonyl (C=O) groups is 1. The van der Waals surface area contributed by atoms with E-state index in [4.69, 9.17) is 4.98 Å². The number of rotatable bonds is 7. The van der Waals surface area contributed by atoms with E-state index in [1.807, 2.05) is 30.5 Å². The molecule has 0 saturated carbocycles. The second-order valence-electron chi connectivity index (χ2n) is 5.95. The third-order valence-electron chi connectivity index (χ3n) is 4.00. The number of hydrogen-bond acceptors (Lipinski definition) is 5. The van der Waals surface area contributed by atoms with Crippen molar-refractivity contribution in [2.75, 3.05) is 11.4 Å². The van der Waals surface area contributed by atoms with E-state index in [0.29, 0.717) is 6.54 Å². The third kappa shape index (κ3) is 4.53. The summed E-state index contributed by atoms with van der Waals surface area (Å²) in [5.41, 5.74) is 4.40. The molecular weight excluding hydrogens is 364 g/mol. The quantitative estimate of drug-likeness (QED) is 0.610. The van der Waals surface area contributed by atoms with Crippen molar-refractivity contribution in [3.63, 3.8) is 0 Å². The summed E-state index contributed by atoms with van der Waals surface area (Å²) < 4.78 is 0. The molecule has 0 bridgehead atoms. The van der Waals surface area contributed by atoms with E-state index < -0.39 is 0 Å². The maximum absolute atomic E-state index is 11.6. The van der Waals surface area contributed by atoms with Crippen LogP contribution in [0.4, 0.5) is 5.13 Å². The standard InChI is InChI=1S/C19H22N4OS2/c1-4-23(14(3)24)19-21-16(12-26-19)11-25-18-20-13(2)17(22-18)10-15-8-6-5-7-9-15/h5-9,12H,4,10-11H2,1-3H3,(H,20,22). The molecule has 1 N–H and O–H groups in total. The number of aromatic nitrogens is 3. The van der Waals surface area contributed by atoms with Crippen LogP contribution in [-0.4, -0.2) is 27.4 Å². The minimum atomic E-state index is 0.0215. The van der Waals surface area contributed by atoms with Gasteiger partial charge in [0.2, 0.25) is 5.91 Å². The van der Waals surface area contributed by atoms with Crippen molar-refractivity contribution in [2.45, 2.75) is 38.1 Å². The van der Waals surface area contributed by atoms with Gasteiger partial charge in [-0.15, -0.1) is 11.3 Å². The van der Waals surface area contributed by atoms with Crippen molar-refractivity contribution >= 4 is 34.1 Å². The minimum absolute atomic E-state index is 0.0215. The number of imidazole rings is 1. The first-order chi connectivity index (χ1) is 12.6. The molecule has 1 amide bonds. The summed E-state index contributed by atoms with van der Waals surface area (Å²) in [4.78, 5) is 26.0. The van der Waals surface area contributed by atoms with Crippen LogP contribution in [0, 0.1) is 6.92 Å². The van der Waals surface area contributed by atoms with E-state index in [9.17, 15) is 4.79 Å². The molecule has 0 atom stereocenters. The van der Waals surface area contributed by atoms with Gasteiger partial charge in [-0.2, -0.15) is 0 Å². The normalized spacial score (nSPS) is 10.9. The van der Waals surface area contributed by atoms with E-state index in [0.717, 1.165) is 39.5 Å². The van der Waals surface area contributed by atoms with Gasteiger partial charge < -0.3 is 4.98 Å². The highest BCUT2D eigenvalue weighted by molar-refractivity contribution is 7.98. The second kappa shape index (κ2) is 8.51. The fraction of sp³-hybridized carbons (Fsp3) is 0.316. The maximum Gasteiger partial charge on any atom is 0.225 e. The van der Waals surface area contributed by atoms with E-state index in [1.54, 1.807) is 23.6 Å². The van der Waals surface area contributed by atoms with E-state index in [1.165, 1.54) is 16.9 Å². The molecular formula is C19H22N4OS2.